The van der Waals surface area contributed by atoms with Crippen LogP contribution in [0.3, 0.4) is 0 Å². The van der Waals surface area contributed by atoms with Crippen molar-refractivity contribution >= 4 is 34.5 Å². The Hall–Kier alpha value is -0.740. The van der Waals surface area contributed by atoms with Gasteiger partial charge >= 0.3 is 0 Å². The molecule has 102 valence electrons. The van der Waals surface area contributed by atoms with Crippen molar-refractivity contribution < 1.29 is 4.74 Å². The van der Waals surface area contributed by atoms with Gasteiger partial charge in [0.25, 0.3) is 0 Å². The number of ether oxygens (including phenoxy) is 1. The van der Waals surface area contributed by atoms with Gasteiger partial charge in [0.1, 0.15) is 5.75 Å². The van der Waals surface area contributed by atoms with Gasteiger partial charge in [0.15, 0.2) is 0 Å². The van der Waals surface area contributed by atoms with E-state index in [1.165, 1.54) is 0 Å². The van der Waals surface area contributed by atoms with Crippen molar-refractivity contribution in [2.24, 2.45) is 0 Å². The number of thiophene rings is 1. The second-order valence-corrected chi connectivity index (χ2v) is 5.80. The van der Waals surface area contributed by atoms with Crippen molar-refractivity contribution in [2.75, 3.05) is 13.7 Å². The molecular formula is C14H15Cl2NOS. The van der Waals surface area contributed by atoms with Gasteiger partial charge < -0.3 is 10.1 Å². The first-order valence-electron chi connectivity index (χ1n) is 5.97. The van der Waals surface area contributed by atoms with Crippen LogP contribution in [-0.2, 0) is 0 Å². The van der Waals surface area contributed by atoms with Gasteiger partial charge in [-0.1, -0.05) is 30.1 Å². The Morgan fingerprint density at radius 3 is 2.79 bits per heavy atom. The fourth-order valence-electron chi connectivity index (χ4n) is 1.97. The molecule has 0 bridgehead atoms. The highest BCUT2D eigenvalue weighted by atomic mass is 35.5. The average molecular weight is 316 g/mol. The molecule has 1 aromatic heterocycles. The van der Waals surface area contributed by atoms with E-state index in [4.69, 9.17) is 27.9 Å². The second kappa shape index (κ2) is 6.62. The summed E-state index contributed by atoms with van der Waals surface area (Å²) < 4.78 is 5.40. The predicted octanol–water partition coefficient (Wildman–Crippen LogP) is 4.76. The van der Waals surface area contributed by atoms with Crippen molar-refractivity contribution in [3.63, 3.8) is 0 Å². The van der Waals surface area contributed by atoms with Crippen molar-refractivity contribution in [2.45, 2.75) is 13.0 Å². The third-order valence-electron chi connectivity index (χ3n) is 2.82. The Morgan fingerprint density at radius 2 is 2.11 bits per heavy atom. The van der Waals surface area contributed by atoms with Crippen LogP contribution in [0, 0.1) is 0 Å². The van der Waals surface area contributed by atoms with Gasteiger partial charge in [-0.15, -0.1) is 11.3 Å². The molecule has 0 aliphatic carbocycles. The maximum atomic E-state index is 6.30. The molecule has 1 aromatic carbocycles. The molecule has 0 fully saturated rings. The molecule has 1 N–H and O–H groups in total. The Balaban J connectivity index is 2.48. The molecule has 2 rings (SSSR count). The summed E-state index contributed by atoms with van der Waals surface area (Å²) in [6, 6.07) is 7.47. The minimum atomic E-state index is -0.00819. The molecular weight excluding hydrogens is 301 g/mol. The van der Waals surface area contributed by atoms with E-state index < -0.39 is 0 Å². The molecule has 0 aliphatic heterocycles. The van der Waals surface area contributed by atoms with E-state index in [2.05, 4.69) is 12.2 Å². The SMILES string of the molecule is CCNC(c1cc(Cl)ccc1Cl)c1sccc1OC. The molecule has 5 heteroatoms. The van der Waals surface area contributed by atoms with Gasteiger partial charge in [-0.25, -0.2) is 0 Å². The number of halogens is 2. The Labute approximate surface area is 127 Å². The highest BCUT2D eigenvalue weighted by Gasteiger charge is 2.21. The normalized spacial score (nSPS) is 12.4. The van der Waals surface area contributed by atoms with Gasteiger partial charge in [-0.3, -0.25) is 0 Å². The Kier molecular flexibility index (Phi) is 5.11. The van der Waals surface area contributed by atoms with E-state index in [1.807, 2.05) is 23.6 Å². The minimum absolute atomic E-state index is 0.00819. The van der Waals surface area contributed by atoms with Crippen LogP contribution in [-0.4, -0.2) is 13.7 Å². The zero-order valence-electron chi connectivity index (χ0n) is 10.7. The number of nitrogens with one attached hydrogen (secondary N) is 1. The molecule has 0 radical (unpaired) electrons. The first-order valence-corrected chi connectivity index (χ1v) is 7.60. The van der Waals surface area contributed by atoms with Gasteiger partial charge in [0, 0.05) is 10.0 Å². The number of methoxy groups -OCH3 is 1. The summed E-state index contributed by atoms with van der Waals surface area (Å²) in [5, 5.41) is 6.82. The molecule has 2 nitrogen and oxygen atoms in total. The Morgan fingerprint density at radius 1 is 1.32 bits per heavy atom. The maximum Gasteiger partial charge on any atom is 0.134 e. The van der Waals surface area contributed by atoms with Gasteiger partial charge in [-0.2, -0.15) is 0 Å². The molecule has 2 aromatic rings. The predicted molar refractivity (Wildman–Crippen MR) is 82.9 cm³/mol. The summed E-state index contributed by atoms with van der Waals surface area (Å²) in [6.07, 6.45) is 0. The molecule has 0 aliphatic rings. The summed E-state index contributed by atoms with van der Waals surface area (Å²) in [5.74, 6) is 0.868. The number of rotatable bonds is 5. The third kappa shape index (κ3) is 3.23. The van der Waals surface area contributed by atoms with Crippen LogP contribution in [0.1, 0.15) is 23.4 Å². The van der Waals surface area contributed by atoms with Gasteiger partial charge in [0.05, 0.1) is 18.0 Å². The summed E-state index contributed by atoms with van der Waals surface area (Å²) in [6.45, 7) is 2.89. The molecule has 0 amide bonds. The number of benzene rings is 1. The smallest absolute Gasteiger partial charge is 0.134 e. The summed E-state index contributed by atoms with van der Waals surface area (Å²) in [5.41, 5.74) is 0.969. The van der Waals surface area contributed by atoms with E-state index in [0.717, 1.165) is 22.7 Å². The van der Waals surface area contributed by atoms with Crippen LogP contribution in [0.2, 0.25) is 10.0 Å². The van der Waals surface area contributed by atoms with E-state index in [0.29, 0.717) is 10.0 Å². The monoisotopic (exact) mass is 315 g/mol. The molecule has 0 saturated carbocycles. The van der Waals surface area contributed by atoms with Crippen molar-refractivity contribution in [1.29, 1.82) is 0 Å². The quantitative estimate of drug-likeness (QED) is 0.858. The molecule has 1 unspecified atom stereocenters. The average Bonchev–Trinajstić information content (AvgIpc) is 2.87. The van der Waals surface area contributed by atoms with E-state index >= 15 is 0 Å². The van der Waals surface area contributed by atoms with Crippen molar-refractivity contribution in [3.05, 3.63) is 50.1 Å². The summed E-state index contributed by atoms with van der Waals surface area (Å²) in [7, 11) is 1.67. The largest absolute Gasteiger partial charge is 0.496 e. The lowest BCUT2D eigenvalue weighted by atomic mass is 10.0. The summed E-state index contributed by atoms with van der Waals surface area (Å²) >= 11 is 14.0. The number of hydrogen-bond donors (Lipinski definition) is 1. The molecule has 0 spiro atoms. The van der Waals surface area contributed by atoms with Crippen LogP contribution >= 0.6 is 34.5 Å². The van der Waals surface area contributed by atoms with Crippen molar-refractivity contribution in [1.82, 2.24) is 5.32 Å². The van der Waals surface area contributed by atoms with E-state index in [9.17, 15) is 0 Å². The molecule has 19 heavy (non-hydrogen) atoms. The fraction of sp³-hybridized carbons (Fsp3) is 0.286. The zero-order chi connectivity index (χ0) is 13.8. The van der Waals surface area contributed by atoms with Crippen molar-refractivity contribution in [3.8, 4) is 5.75 Å². The minimum Gasteiger partial charge on any atom is -0.496 e. The standard InChI is InChI=1S/C14H15Cl2NOS/c1-3-17-13(14-12(18-2)6-7-19-14)10-8-9(15)4-5-11(10)16/h4-8,13,17H,3H2,1-2H3. The lowest BCUT2D eigenvalue weighted by Crippen LogP contribution is -2.21. The zero-order valence-corrected chi connectivity index (χ0v) is 13.1. The second-order valence-electron chi connectivity index (χ2n) is 4.01. The van der Waals surface area contributed by atoms with Crippen LogP contribution in [0.5, 0.6) is 5.75 Å². The van der Waals surface area contributed by atoms with E-state index in [-0.39, 0.29) is 6.04 Å². The fourth-order valence-corrected chi connectivity index (χ4v) is 3.33. The lowest BCUT2D eigenvalue weighted by Gasteiger charge is -2.20. The first-order chi connectivity index (χ1) is 9.17. The van der Waals surface area contributed by atoms with E-state index in [1.54, 1.807) is 24.5 Å². The summed E-state index contributed by atoms with van der Waals surface area (Å²) in [4.78, 5) is 1.11. The number of hydrogen-bond acceptors (Lipinski definition) is 3. The highest BCUT2D eigenvalue weighted by molar-refractivity contribution is 7.10. The molecule has 1 heterocycles. The van der Waals surface area contributed by atoms with Gasteiger partial charge in [0.2, 0.25) is 0 Å². The molecule has 0 saturated heterocycles. The van der Waals surface area contributed by atoms with Crippen LogP contribution < -0.4 is 10.1 Å². The topological polar surface area (TPSA) is 21.3 Å². The van der Waals surface area contributed by atoms with Crippen LogP contribution in [0.4, 0.5) is 0 Å². The lowest BCUT2D eigenvalue weighted by molar-refractivity contribution is 0.408. The first kappa shape index (κ1) is 14.7. The van der Waals surface area contributed by atoms with Crippen LogP contribution in [0.25, 0.3) is 0 Å². The van der Waals surface area contributed by atoms with Crippen LogP contribution in [0.15, 0.2) is 29.6 Å². The maximum absolute atomic E-state index is 6.30. The highest BCUT2D eigenvalue weighted by Crippen LogP contribution is 2.38. The Bertz CT molecular complexity index is 556. The molecule has 1 atom stereocenters. The third-order valence-corrected chi connectivity index (χ3v) is 4.36. The van der Waals surface area contributed by atoms with Gasteiger partial charge in [-0.05, 0) is 41.8 Å².